The highest BCUT2D eigenvalue weighted by Gasteiger charge is 2.07. The van der Waals surface area contributed by atoms with Crippen LogP contribution in [0.25, 0.3) is 0 Å². The molecular weight excluding hydrogens is 190 g/mol. The van der Waals surface area contributed by atoms with Crippen molar-refractivity contribution >= 4 is 0 Å². The summed E-state index contributed by atoms with van der Waals surface area (Å²) >= 11 is 0. The summed E-state index contributed by atoms with van der Waals surface area (Å²) in [7, 11) is 3.64. The van der Waals surface area contributed by atoms with Gasteiger partial charge in [0.05, 0.1) is 19.0 Å². The maximum atomic E-state index is 5.24. The summed E-state index contributed by atoms with van der Waals surface area (Å²) in [6.45, 7) is 5.35. The SMILES string of the molecule is COc1cnn(C)c1CCCNC(C)C. The summed E-state index contributed by atoms with van der Waals surface area (Å²) in [4.78, 5) is 0. The number of hydrogen-bond acceptors (Lipinski definition) is 3. The van der Waals surface area contributed by atoms with E-state index in [4.69, 9.17) is 4.74 Å². The molecule has 0 spiro atoms. The molecule has 1 N–H and O–H groups in total. The molecule has 4 nitrogen and oxygen atoms in total. The molecule has 0 aliphatic carbocycles. The lowest BCUT2D eigenvalue weighted by atomic mass is 10.2. The second-order valence-corrected chi connectivity index (χ2v) is 4.00. The van der Waals surface area contributed by atoms with Gasteiger partial charge in [0, 0.05) is 13.1 Å². The molecule has 0 atom stereocenters. The highest BCUT2D eigenvalue weighted by molar-refractivity contribution is 5.24. The lowest BCUT2D eigenvalue weighted by molar-refractivity contribution is 0.407. The van der Waals surface area contributed by atoms with E-state index in [0.717, 1.165) is 25.1 Å². The fraction of sp³-hybridized carbons (Fsp3) is 0.727. The fourth-order valence-corrected chi connectivity index (χ4v) is 1.54. The lowest BCUT2D eigenvalue weighted by Gasteiger charge is -2.08. The average Bonchev–Trinajstić information content (AvgIpc) is 2.54. The molecule has 0 unspecified atom stereocenters. The van der Waals surface area contributed by atoms with Crippen LogP contribution in [0.2, 0.25) is 0 Å². The largest absolute Gasteiger partial charge is 0.493 e. The zero-order valence-corrected chi connectivity index (χ0v) is 10.1. The van der Waals surface area contributed by atoms with E-state index >= 15 is 0 Å². The van der Waals surface area contributed by atoms with E-state index in [9.17, 15) is 0 Å². The molecule has 0 radical (unpaired) electrons. The minimum absolute atomic E-state index is 0.554. The summed E-state index contributed by atoms with van der Waals surface area (Å²) < 4.78 is 7.12. The van der Waals surface area contributed by atoms with Crippen molar-refractivity contribution in [2.75, 3.05) is 13.7 Å². The molecule has 1 aromatic heterocycles. The quantitative estimate of drug-likeness (QED) is 0.722. The van der Waals surface area contributed by atoms with Crippen LogP contribution in [0.3, 0.4) is 0 Å². The average molecular weight is 211 g/mol. The van der Waals surface area contributed by atoms with E-state index in [2.05, 4.69) is 24.3 Å². The number of hydrogen-bond donors (Lipinski definition) is 1. The fourth-order valence-electron chi connectivity index (χ4n) is 1.54. The van der Waals surface area contributed by atoms with Crippen LogP contribution in [0.15, 0.2) is 6.20 Å². The molecule has 0 saturated carbocycles. The first-order valence-electron chi connectivity index (χ1n) is 5.43. The molecular formula is C11H21N3O. The Hall–Kier alpha value is -1.03. The zero-order chi connectivity index (χ0) is 11.3. The van der Waals surface area contributed by atoms with E-state index in [1.807, 2.05) is 11.7 Å². The molecule has 1 aromatic rings. The topological polar surface area (TPSA) is 39.1 Å². The predicted octanol–water partition coefficient (Wildman–Crippen LogP) is 1.36. The van der Waals surface area contributed by atoms with Crippen molar-refractivity contribution in [1.29, 1.82) is 0 Å². The molecule has 0 bridgehead atoms. The summed E-state index contributed by atoms with van der Waals surface area (Å²) in [6, 6.07) is 0.554. The van der Waals surface area contributed by atoms with Gasteiger partial charge >= 0.3 is 0 Å². The Morgan fingerprint density at radius 1 is 1.53 bits per heavy atom. The first-order valence-corrected chi connectivity index (χ1v) is 5.43. The van der Waals surface area contributed by atoms with Gasteiger partial charge in [-0.05, 0) is 19.4 Å². The minimum Gasteiger partial charge on any atom is -0.493 e. The van der Waals surface area contributed by atoms with Gasteiger partial charge in [-0.1, -0.05) is 13.8 Å². The molecule has 0 amide bonds. The van der Waals surface area contributed by atoms with E-state index in [-0.39, 0.29) is 0 Å². The van der Waals surface area contributed by atoms with E-state index in [1.54, 1.807) is 13.3 Å². The van der Waals surface area contributed by atoms with Crippen molar-refractivity contribution in [1.82, 2.24) is 15.1 Å². The monoisotopic (exact) mass is 211 g/mol. The van der Waals surface area contributed by atoms with Crippen molar-refractivity contribution in [3.8, 4) is 5.75 Å². The second kappa shape index (κ2) is 5.75. The van der Waals surface area contributed by atoms with Gasteiger partial charge in [0.15, 0.2) is 5.75 Å². The third-order valence-electron chi connectivity index (χ3n) is 2.39. The summed E-state index contributed by atoms with van der Waals surface area (Å²) in [5, 5.41) is 7.57. The number of nitrogens with zero attached hydrogens (tertiary/aromatic N) is 2. The zero-order valence-electron chi connectivity index (χ0n) is 10.1. The van der Waals surface area contributed by atoms with Crippen LogP contribution < -0.4 is 10.1 Å². The number of rotatable bonds is 6. The minimum atomic E-state index is 0.554. The molecule has 0 saturated heterocycles. The first-order chi connectivity index (χ1) is 7.15. The molecule has 4 heteroatoms. The van der Waals surface area contributed by atoms with Gasteiger partial charge < -0.3 is 10.1 Å². The van der Waals surface area contributed by atoms with Crippen molar-refractivity contribution in [2.45, 2.75) is 32.7 Å². The summed E-state index contributed by atoms with van der Waals surface area (Å²) in [5.41, 5.74) is 1.17. The van der Waals surface area contributed by atoms with Gasteiger partial charge in [0.25, 0.3) is 0 Å². The Bertz CT molecular complexity index is 294. The van der Waals surface area contributed by atoms with Crippen LogP contribution in [-0.2, 0) is 13.5 Å². The first kappa shape index (κ1) is 12.0. The normalized spacial score (nSPS) is 11.0. The van der Waals surface area contributed by atoms with Crippen molar-refractivity contribution in [3.05, 3.63) is 11.9 Å². The maximum Gasteiger partial charge on any atom is 0.159 e. The standard InChI is InChI=1S/C11H21N3O/c1-9(2)12-7-5-6-10-11(15-4)8-13-14(10)3/h8-9,12H,5-7H2,1-4H3. The van der Waals surface area contributed by atoms with Gasteiger partial charge in [0.2, 0.25) is 0 Å². The molecule has 0 aliphatic heterocycles. The van der Waals surface area contributed by atoms with Crippen molar-refractivity contribution < 1.29 is 4.74 Å². The third kappa shape index (κ3) is 3.55. The lowest BCUT2D eigenvalue weighted by Crippen LogP contribution is -2.24. The number of aromatic nitrogens is 2. The summed E-state index contributed by atoms with van der Waals surface area (Å²) in [5.74, 6) is 0.891. The van der Waals surface area contributed by atoms with E-state index < -0.39 is 0 Å². The molecule has 1 rings (SSSR count). The summed E-state index contributed by atoms with van der Waals surface area (Å²) in [6.07, 6.45) is 3.87. The van der Waals surface area contributed by atoms with Crippen molar-refractivity contribution in [3.63, 3.8) is 0 Å². The molecule has 15 heavy (non-hydrogen) atoms. The van der Waals surface area contributed by atoms with E-state index in [1.165, 1.54) is 5.69 Å². The van der Waals surface area contributed by atoms with Crippen LogP contribution in [-0.4, -0.2) is 29.5 Å². The molecule has 0 aromatic carbocycles. The Morgan fingerprint density at radius 2 is 2.27 bits per heavy atom. The van der Waals surface area contributed by atoms with Gasteiger partial charge in [0.1, 0.15) is 0 Å². The Balaban J connectivity index is 2.39. The Morgan fingerprint density at radius 3 is 2.87 bits per heavy atom. The van der Waals surface area contributed by atoms with Crippen LogP contribution in [0.4, 0.5) is 0 Å². The smallest absolute Gasteiger partial charge is 0.159 e. The number of aryl methyl sites for hydroxylation is 1. The maximum absolute atomic E-state index is 5.24. The van der Waals surface area contributed by atoms with Crippen LogP contribution in [0, 0.1) is 0 Å². The Labute approximate surface area is 91.6 Å². The highest BCUT2D eigenvalue weighted by atomic mass is 16.5. The van der Waals surface area contributed by atoms with Gasteiger partial charge in [-0.3, -0.25) is 4.68 Å². The number of ether oxygens (including phenoxy) is 1. The van der Waals surface area contributed by atoms with Crippen molar-refractivity contribution in [2.24, 2.45) is 7.05 Å². The molecule has 1 heterocycles. The van der Waals surface area contributed by atoms with Crippen LogP contribution in [0.1, 0.15) is 26.0 Å². The van der Waals surface area contributed by atoms with Gasteiger partial charge in [-0.2, -0.15) is 5.10 Å². The van der Waals surface area contributed by atoms with Gasteiger partial charge in [-0.25, -0.2) is 0 Å². The molecule has 0 fully saturated rings. The second-order valence-electron chi connectivity index (χ2n) is 4.00. The predicted molar refractivity (Wildman–Crippen MR) is 61.2 cm³/mol. The van der Waals surface area contributed by atoms with Crippen LogP contribution >= 0.6 is 0 Å². The molecule has 0 aliphatic rings. The van der Waals surface area contributed by atoms with Crippen LogP contribution in [0.5, 0.6) is 5.75 Å². The molecule has 86 valence electrons. The van der Waals surface area contributed by atoms with E-state index in [0.29, 0.717) is 6.04 Å². The van der Waals surface area contributed by atoms with Gasteiger partial charge in [-0.15, -0.1) is 0 Å². The third-order valence-corrected chi connectivity index (χ3v) is 2.39. The number of methoxy groups -OCH3 is 1. The number of nitrogens with one attached hydrogen (secondary N) is 1. The Kier molecular flexibility index (Phi) is 4.62. The highest BCUT2D eigenvalue weighted by Crippen LogP contribution is 2.17.